The van der Waals surface area contributed by atoms with Crippen LogP contribution in [-0.2, 0) is 14.3 Å². The van der Waals surface area contributed by atoms with Crippen LogP contribution in [-0.4, -0.2) is 49.6 Å². The molecule has 1 N–H and O–H groups in total. The first kappa shape index (κ1) is 12.0. The maximum atomic E-state index is 11.8. The molecule has 0 spiro atoms. The fraction of sp³-hybridized carbons (Fsp3) is 0.800. The van der Waals surface area contributed by atoms with Crippen molar-refractivity contribution in [2.45, 2.75) is 25.8 Å². The summed E-state index contributed by atoms with van der Waals surface area (Å²) in [5, 5.41) is 2.95. The second kappa shape index (κ2) is 5.70. The molecule has 5 heteroatoms. The summed E-state index contributed by atoms with van der Waals surface area (Å²) >= 11 is 0. The lowest BCUT2D eigenvalue weighted by molar-refractivity contribution is -0.150. The summed E-state index contributed by atoms with van der Waals surface area (Å²) in [7, 11) is 1.76. The van der Waals surface area contributed by atoms with Gasteiger partial charge in [-0.3, -0.25) is 9.59 Å². The van der Waals surface area contributed by atoms with Gasteiger partial charge in [0.2, 0.25) is 5.91 Å². The van der Waals surface area contributed by atoms with Crippen LogP contribution in [0.3, 0.4) is 0 Å². The molecule has 0 aromatic carbocycles. The van der Waals surface area contributed by atoms with E-state index >= 15 is 0 Å². The third kappa shape index (κ3) is 3.20. The lowest BCUT2D eigenvalue weighted by Crippen LogP contribution is -2.51. The van der Waals surface area contributed by atoms with Gasteiger partial charge in [0.05, 0.1) is 12.6 Å². The fourth-order valence-electron chi connectivity index (χ4n) is 1.73. The highest BCUT2D eigenvalue weighted by molar-refractivity contribution is 5.86. The molecular weight excluding hydrogens is 196 g/mol. The number of piperidine rings is 1. The summed E-state index contributed by atoms with van der Waals surface area (Å²) in [6.45, 7) is 2.84. The van der Waals surface area contributed by atoms with Crippen molar-refractivity contribution < 1.29 is 14.3 Å². The molecule has 1 heterocycles. The summed E-state index contributed by atoms with van der Waals surface area (Å²) in [4.78, 5) is 24.5. The predicted octanol–water partition coefficient (Wildman–Crippen LogP) is -0.240. The van der Waals surface area contributed by atoms with Crippen LogP contribution in [0.2, 0.25) is 0 Å². The van der Waals surface area contributed by atoms with E-state index in [1.54, 1.807) is 18.9 Å². The van der Waals surface area contributed by atoms with Gasteiger partial charge < -0.3 is 15.0 Å². The Morgan fingerprint density at radius 2 is 2.40 bits per heavy atom. The molecule has 0 saturated carbocycles. The normalized spacial score (nSPS) is 21.6. The largest absolute Gasteiger partial charge is 0.465 e. The van der Waals surface area contributed by atoms with E-state index in [2.05, 4.69) is 5.32 Å². The number of likely N-dealkylation sites (tertiary alicyclic amines) is 1. The van der Waals surface area contributed by atoms with Crippen molar-refractivity contribution in [2.24, 2.45) is 0 Å². The number of ether oxygens (including phenoxy) is 1. The number of carbonyl (C=O) groups is 2. The van der Waals surface area contributed by atoms with Crippen LogP contribution in [0.25, 0.3) is 0 Å². The SMILES string of the molecule is CCOC(=O)CN1CCCC(NC)C1=O. The van der Waals surface area contributed by atoms with E-state index < -0.39 is 0 Å². The van der Waals surface area contributed by atoms with Gasteiger partial charge in [-0.1, -0.05) is 0 Å². The average Bonchev–Trinajstić information content (AvgIpc) is 2.21. The topological polar surface area (TPSA) is 58.6 Å². The van der Waals surface area contributed by atoms with Crippen LogP contribution in [0.4, 0.5) is 0 Å². The standard InChI is InChI=1S/C10H18N2O3/c1-3-15-9(13)7-12-6-4-5-8(11-2)10(12)14/h8,11H,3-7H2,1-2H3. The van der Waals surface area contributed by atoms with Crippen molar-refractivity contribution in [3.05, 3.63) is 0 Å². The minimum atomic E-state index is -0.331. The average molecular weight is 214 g/mol. The number of likely N-dealkylation sites (N-methyl/N-ethyl adjacent to an activating group) is 1. The minimum absolute atomic E-state index is 0.00296. The molecular formula is C10H18N2O3. The number of amides is 1. The highest BCUT2D eigenvalue weighted by Gasteiger charge is 2.28. The van der Waals surface area contributed by atoms with Gasteiger partial charge in [-0.05, 0) is 26.8 Å². The van der Waals surface area contributed by atoms with E-state index in [1.165, 1.54) is 0 Å². The molecule has 5 nitrogen and oxygen atoms in total. The lowest BCUT2D eigenvalue weighted by atomic mass is 10.1. The number of esters is 1. The molecule has 0 aromatic heterocycles. The Bertz CT molecular complexity index is 243. The molecule has 1 rings (SSSR count). The molecule has 0 aromatic rings. The Kier molecular flexibility index (Phi) is 4.55. The molecule has 1 atom stereocenters. The summed E-state index contributed by atoms with van der Waals surface area (Å²) in [6.07, 6.45) is 1.77. The van der Waals surface area contributed by atoms with Crippen LogP contribution in [0.15, 0.2) is 0 Å². The van der Waals surface area contributed by atoms with Crippen LogP contribution < -0.4 is 5.32 Å². The Morgan fingerprint density at radius 3 is 3.00 bits per heavy atom. The number of rotatable bonds is 4. The van der Waals surface area contributed by atoms with Crippen LogP contribution in [0, 0.1) is 0 Å². The van der Waals surface area contributed by atoms with Crippen LogP contribution in [0.5, 0.6) is 0 Å². The molecule has 0 aliphatic carbocycles. The summed E-state index contributed by atoms with van der Waals surface area (Å²) in [5.74, 6) is -0.334. The van der Waals surface area contributed by atoms with Crippen molar-refractivity contribution in [1.82, 2.24) is 10.2 Å². The zero-order chi connectivity index (χ0) is 11.3. The second-order valence-electron chi connectivity index (χ2n) is 3.55. The lowest BCUT2D eigenvalue weighted by Gasteiger charge is -2.31. The van der Waals surface area contributed by atoms with Gasteiger partial charge in [0.1, 0.15) is 6.54 Å². The van der Waals surface area contributed by atoms with Gasteiger partial charge in [0.15, 0.2) is 0 Å². The quantitative estimate of drug-likeness (QED) is 0.656. The maximum Gasteiger partial charge on any atom is 0.325 e. The molecule has 1 aliphatic rings. The first-order valence-corrected chi connectivity index (χ1v) is 5.30. The number of nitrogens with zero attached hydrogens (tertiary/aromatic N) is 1. The molecule has 0 radical (unpaired) electrons. The number of nitrogens with one attached hydrogen (secondary N) is 1. The van der Waals surface area contributed by atoms with E-state index in [9.17, 15) is 9.59 Å². The van der Waals surface area contributed by atoms with Gasteiger partial charge in [0.25, 0.3) is 0 Å². The third-order valence-electron chi connectivity index (χ3n) is 2.50. The Morgan fingerprint density at radius 1 is 1.67 bits per heavy atom. The highest BCUT2D eigenvalue weighted by Crippen LogP contribution is 2.11. The maximum absolute atomic E-state index is 11.8. The van der Waals surface area contributed by atoms with Crippen molar-refractivity contribution >= 4 is 11.9 Å². The first-order chi connectivity index (χ1) is 7.19. The molecule has 1 aliphatic heterocycles. The Balaban J connectivity index is 2.47. The predicted molar refractivity (Wildman–Crippen MR) is 55.3 cm³/mol. The number of carbonyl (C=O) groups excluding carboxylic acids is 2. The van der Waals surface area contributed by atoms with Crippen LogP contribution in [0.1, 0.15) is 19.8 Å². The van der Waals surface area contributed by atoms with Gasteiger partial charge in [-0.15, -0.1) is 0 Å². The van der Waals surface area contributed by atoms with Gasteiger partial charge in [-0.25, -0.2) is 0 Å². The van der Waals surface area contributed by atoms with E-state index in [0.29, 0.717) is 13.2 Å². The molecule has 0 bridgehead atoms. The monoisotopic (exact) mass is 214 g/mol. The van der Waals surface area contributed by atoms with E-state index in [-0.39, 0.29) is 24.5 Å². The Hall–Kier alpha value is -1.10. The zero-order valence-corrected chi connectivity index (χ0v) is 9.28. The van der Waals surface area contributed by atoms with Crippen molar-refractivity contribution in [3.8, 4) is 0 Å². The third-order valence-corrected chi connectivity index (χ3v) is 2.50. The summed E-state index contributed by atoms with van der Waals surface area (Å²) < 4.78 is 4.81. The number of hydrogen-bond donors (Lipinski definition) is 1. The summed E-state index contributed by atoms with van der Waals surface area (Å²) in [6, 6.07) is -0.145. The molecule has 86 valence electrons. The second-order valence-corrected chi connectivity index (χ2v) is 3.55. The van der Waals surface area contributed by atoms with Gasteiger partial charge in [-0.2, -0.15) is 0 Å². The van der Waals surface area contributed by atoms with Gasteiger partial charge >= 0.3 is 5.97 Å². The molecule has 1 saturated heterocycles. The number of hydrogen-bond acceptors (Lipinski definition) is 4. The van der Waals surface area contributed by atoms with Crippen molar-refractivity contribution in [1.29, 1.82) is 0 Å². The summed E-state index contributed by atoms with van der Waals surface area (Å²) in [5.41, 5.74) is 0. The molecule has 1 unspecified atom stereocenters. The first-order valence-electron chi connectivity index (χ1n) is 5.30. The molecule has 15 heavy (non-hydrogen) atoms. The Labute approximate surface area is 89.8 Å². The van der Waals surface area contributed by atoms with Crippen molar-refractivity contribution in [3.63, 3.8) is 0 Å². The minimum Gasteiger partial charge on any atom is -0.465 e. The smallest absolute Gasteiger partial charge is 0.325 e. The van der Waals surface area contributed by atoms with E-state index in [1.807, 2.05) is 0 Å². The fourth-order valence-corrected chi connectivity index (χ4v) is 1.73. The van der Waals surface area contributed by atoms with Crippen LogP contribution >= 0.6 is 0 Å². The van der Waals surface area contributed by atoms with Gasteiger partial charge in [0, 0.05) is 6.54 Å². The molecule has 1 amide bonds. The zero-order valence-electron chi connectivity index (χ0n) is 9.28. The molecule has 1 fully saturated rings. The van der Waals surface area contributed by atoms with Crippen molar-refractivity contribution in [2.75, 3.05) is 26.7 Å². The van der Waals surface area contributed by atoms with E-state index in [4.69, 9.17) is 4.74 Å². The van der Waals surface area contributed by atoms with E-state index in [0.717, 1.165) is 12.8 Å². The highest BCUT2D eigenvalue weighted by atomic mass is 16.5.